The zero-order valence-electron chi connectivity index (χ0n) is 18.7. The van der Waals surface area contributed by atoms with Crippen molar-refractivity contribution in [3.63, 3.8) is 0 Å². The van der Waals surface area contributed by atoms with E-state index in [-0.39, 0.29) is 22.6 Å². The average Bonchev–Trinajstić information content (AvgIpc) is 3.36. The molecule has 2 N–H and O–H groups in total. The third-order valence-corrected chi connectivity index (χ3v) is 5.00. The molecule has 0 bridgehead atoms. The van der Waals surface area contributed by atoms with Crippen molar-refractivity contribution in [1.29, 1.82) is 0 Å². The summed E-state index contributed by atoms with van der Waals surface area (Å²) in [6, 6.07) is 6.57. The second-order valence-corrected chi connectivity index (χ2v) is 7.76. The molecule has 0 radical (unpaired) electrons. The van der Waals surface area contributed by atoms with Gasteiger partial charge in [-0.3, -0.25) is 9.48 Å². The van der Waals surface area contributed by atoms with Crippen molar-refractivity contribution in [3.05, 3.63) is 54.5 Å². The molecule has 0 saturated heterocycles. The quantitative estimate of drug-likeness (QED) is 0.430. The van der Waals surface area contributed by atoms with Gasteiger partial charge in [-0.25, -0.2) is 14.3 Å². The molecule has 0 aliphatic rings. The van der Waals surface area contributed by atoms with E-state index >= 15 is 0 Å². The van der Waals surface area contributed by atoms with Gasteiger partial charge in [0.25, 0.3) is 5.91 Å². The Morgan fingerprint density at radius 2 is 1.89 bits per heavy atom. The van der Waals surface area contributed by atoms with Gasteiger partial charge in [-0.2, -0.15) is 5.10 Å². The van der Waals surface area contributed by atoms with Crippen molar-refractivity contribution in [1.82, 2.24) is 24.2 Å². The number of aryl methyl sites for hydroxylation is 1. The fourth-order valence-corrected chi connectivity index (χ4v) is 3.51. The highest BCUT2D eigenvalue weighted by molar-refractivity contribution is 5.97. The van der Waals surface area contributed by atoms with E-state index in [0.717, 1.165) is 10.6 Å². The third-order valence-electron chi connectivity index (χ3n) is 5.00. The number of anilines is 2. The number of hydrogen-bond donors (Lipinski definition) is 2. The van der Waals surface area contributed by atoms with Crippen LogP contribution in [0.3, 0.4) is 0 Å². The molecule has 4 aromatic rings. The van der Waals surface area contributed by atoms with E-state index in [2.05, 4.69) is 20.1 Å². The number of nitrogens with one attached hydrogen (secondary N) is 1. The maximum Gasteiger partial charge on any atom is 0.573 e. The Bertz CT molecular complexity index is 1440. The fourth-order valence-electron chi connectivity index (χ4n) is 3.51. The molecule has 0 fully saturated rings. The largest absolute Gasteiger partial charge is 0.573 e. The van der Waals surface area contributed by atoms with Crippen molar-refractivity contribution in [2.24, 2.45) is 7.05 Å². The molecule has 13 heteroatoms. The number of aromatic nitrogens is 4. The lowest BCUT2D eigenvalue weighted by atomic mass is 10.1. The van der Waals surface area contributed by atoms with Gasteiger partial charge >= 0.3 is 12.5 Å². The van der Waals surface area contributed by atoms with Crippen LogP contribution in [0, 0.1) is 0 Å². The number of rotatable bonds is 5. The van der Waals surface area contributed by atoms with Crippen LogP contribution in [0.5, 0.6) is 5.75 Å². The Morgan fingerprint density at radius 3 is 2.49 bits per heavy atom. The molecular weight excluding hydrogens is 469 g/mol. The van der Waals surface area contributed by atoms with E-state index in [0.29, 0.717) is 16.6 Å². The number of carboxylic acid groups (broad SMARTS) is 1. The molecule has 0 aliphatic carbocycles. The number of carbonyl (C=O) groups excluding carboxylic acids is 1. The number of alkyl halides is 3. The molecule has 3 aromatic heterocycles. The molecule has 182 valence electrons. The summed E-state index contributed by atoms with van der Waals surface area (Å²) >= 11 is 0. The Labute approximate surface area is 196 Å². The van der Waals surface area contributed by atoms with Crippen LogP contribution in [0.1, 0.15) is 10.4 Å². The Morgan fingerprint density at radius 1 is 1.14 bits per heavy atom. The second kappa shape index (κ2) is 8.66. The first-order valence-electron chi connectivity index (χ1n) is 10.1. The van der Waals surface area contributed by atoms with Crippen molar-refractivity contribution in [3.8, 4) is 17.0 Å². The minimum Gasteiger partial charge on any atom is -0.464 e. The zero-order valence-corrected chi connectivity index (χ0v) is 18.7. The number of ether oxygens (including phenoxy) is 1. The van der Waals surface area contributed by atoms with Gasteiger partial charge in [0.15, 0.2) is 5.75 Å². The van der Waals surface area contributed by atoms with Crippen molar-refractivity contribution in [2.45, 2.75) is 6.36 Å². The topological polar surface area (TPSA) is 115 Å². The van der Waals surface area contributed by atoms with Gasteiger partial charge in [-0.1, -0.05) is 0 Å². The summed E-state index contributed by atoms with van der Waals surface area (Å²) in [7, 11) is 4.63. The van der Waals surface area contributed by atoms with Crippen LogP contribution in [0.4, 0.5) is 29.5 Å². The Hall–Kier alpha value is -4.55. The summed E-state index contributed by atoms with van der Waals surface area (Å²) in [4.78, 5) is 29.6. The molecule has 0 aliphatic heterocycles. The average molecular weight is 488 g/mol. The van der Waals surface area contributed by atoms with Crippen molar-refractivity contribution >= 4 is 34.4 Å². The molecule has 0 unspecified atom stereocenters. The van der Waals surface area contributed by atoms with Gasteiger partial charge in [-0.05, 0) is 24.3 Å². The lowest BCUT2D eigenvalue weighted by Crippen LogP contribution is -2.22. The van der Waals surface area contributed by atoms with Gasteiger partial charge < -0.3 is 20.1 Å². The summed E-state index contributed by atoms with van der Waals surface area (Å²) in [5, 5.41) is 17.1. The van der Waals surface area contributed by atoms with Crippen molar-refractivity contribution < 1.29 is 32.6 Å². The number of halogens is 3. The van der Waals surface area contributed by atoms with Crippen LogP contribution in [0.15, 0.2) is 48.9 Å². The first-order chi connectivity index (χ1) is 16.4. The minimum atomic E-state index is -5.01. The van der Waals surface area contributed by atoms with Gasteiger partial charge in [-0.15, -0.1) is 13.2 Å². The maximum absolute atomic E-state index is 13.0. The van der Waals surface area contributed by atoms with Crippen molar-refractivity contribution in [2.75, 3.05) is 19.4 Å². The summed E-state index contributed by atoms with van der Waals surface area (Å²) in [6.07, 6.45) is -1.71. The third kappa shape index (κ3) is 4.88. The number of amides is 1. The van der Waals surface area contributed by atoms with E-state index < -0.39 is 24.1 Å². The molecule has 0 atom stereocenters. The monoisotopic (exact) mass is 488 g/mol. The minimum absolute atomic E-state index is 0.0101. The number of pyridine rings is 1. The van der Waals surface area contributed by atoms with E-state index in [4.69, 9.17) is 0 Å². The van der Waals surface area contributed by atoms with Gasteiger partial charge in [0.05, 0.1) is 23.1 Å². The molecule has 10 nitrogen and oxygen atoms in total. The van der Waals surface area contributed by atoms with E-state index in [1.165, 1.54) is 54.3 Å². The predicted molar refractivity (Wildman–Crippen MR) is 120 cm³/mol. The number of hydrogen-bond acceptors (Lipinski definition) is 6. The number of benzene rings is 1. The normalized spacial score (nSPS) is 11.5. The SMILES string of the molecule is CN(C)C(=O)c1ccc(Nc2cc3c(cn2)cc(-c2cnn(C)c2)n3C(=O)O)c(OC(F)(F)F)c1. The van der Waals surface area contributed by atoms with E-state index in [1.807, 2.05) is 0 Å². The summed E-state index contributed by atoms with van der Waals surface area (Å²) in [5.41, 5.74) is 1.04. The molecule has 1 amide bonds. The Balaban J connectivity index is 1.77. The van der Waals surface area contributed by atoms with Crippen LogP contribution in [-0.4, -0.2) is 61.8 Å². The molecule has 1 aromatic carbocycles. The number of carbonyl (C=O) groups is 2. The highest BCUT2D eigenvalue weighted by atomic mass is 19.4. The first-order valence-corrected chi connectivity index (χ1v) is 10.1. The fraction of sp³-hybridized carbons (Fsp3) is 0.182. The van der Waals surface area contributed by atoms with Crippen LogP contribution in [0.25, 0.3) is 22.2 Å². The van der Waals surface area contributed by atoms with Gasteiger partial charge in [0.1, 0.15) is 5.82 Å². The maximum atomic E-state index is 13.0. The summed E-state index contributed by atoms with van der Waals surface area (Å²) < 4.78 is 45.8. The van der Waals surface area contributed by atoms with Gasteiger partial charge in [0, 0.05) is 56.1 Å². The van der Waals surface area contributed by atoms with E-state index in [1.54, 1.807) is 19.3 Å². The highest BCUT2D eigenvalue weighted by Crippen LogP contribution is 2.35. The molecule has 4 rings (SSSR count). The zero-order chi connectivity index (χ0) is 25.5. The number of fused-ring (bicyclic) bond motifs is 1. The lowest BCUT2D eigenvalue weighted by Gasteiger charge is -2.17. The van der Waals surface area contributed by atoms with Gasteiger partial charge in [0.2, 0.25) is 0 Å². The first kappa shape index (κ1) is 23.6. The van der Waals surface area contributed by atoms with Crippen LogP contribution in [0.2, 0.25) is 0 Å². The number of nitrogens with zero attached hydrogens (tertiary/aromatic N) is 5. The Kier molecular flexibility index (Phi) is 5.84. The van der Waals surface area contributed by atoms with E-state index in [9.17, 15) is 27.9 Å². The van der Waals surface area contributed by atoms with Crippen LogP contribution in [-0.2, 0) is 7.05 Å². The summed E-state index contributed by atoms with van der Waals surface area (Å²) in [5.74, 6) is -1.09. The predicted octanol–water partition coefficient (Wildman–Crippen LogP) is 4.31. The molecule has 0 spiro atoms. The molecule has 3 heterocycles. The molecule has 35 heavy (non-hydrogen) atoms. The molecular formula is C22H19F3N6O4. The van der Waals surface area contributed by atoms with Crippen LogP contribution < -0.4 is 10.1 Å². The summed E-state index contributed by atoms with van der Waals surface area (Å²) in [6.45, 7) is 0. The second-order valence-electron chi connectivity index (χ2n) is 7.76. The lowest BCUT2D eigenvalue weighted by molar-refractivity contribution is -0.274. The smallest absolute Gasteiger partial charge is 0.464 e. The highest BCUT2D eigenvalue weighted by Gasteiger charge is 2.33. The van der Waals surface area contributed by atoms with Crippen LogP contribution >= 0.6 is 0 Å². The standard InChI is InChI=1S/C22H19F3N6O4/c1-29(2)20(32)12-4-5-15(18(7-12)35-22(23,24)25)28-19-8-17-13(9-26-19)6-16(31(17)21(33)34)14-10-27-30(3)11-14/h4-11H,1-3H3,(H,26,28)(H,33,34). The molecule has 0 saturated carbocycles.